The number of aromatic nitrogens is 2. The molecule has 5 rings (SSSR count). The summed E-state index contributed by atoms with van der Waals surface area (Å²) in [6.07, 6.45) is 10.2. The SMILES string of the molecule is COc1cc2ncnc(Nc3cccc(Cl)c3F)c2cc1O.NC(=O)C1CCN(C2CCCCC2)CC1. The Morgan fingerprint density at radius 2 is 1.89 bits per heavy atom. The van der Waals surface area contributed by atoms with Crippen molar-refractivity contribution in [2.45, 2.75) is 51.0 Å². The summed E-state index contributed by atoms with van der Waals surface area (Å²) in [5.74, 6) is 0.0615. The van der Waals surface area contributed by atoms with Crippen LogP contribution in [0.25, 0.3) is 10.9 Å². The normalized spacial score (nSPS) is 17.2. The van der Waals surface area contributed by atoms with Crippen LogP contribution < -0.4 is 15.8 Å². The van der Waals surface area contributed by atoms with Gasteiger partial charge in [0.2, 0.25) is 5.91 Å². The summed E-state index contributed by atoms with van der Waals surface area (Å²) in [6.45, 7) is 2.16. The predicted octanol–water partition coefficient (Wildman–Crippen LogP) is 5.40. The Labute approximate surface area is 221 Å². The number of phenols is 1. The molecule has 0 radical (unpaired) electrons. The molecule has 1 aliphatic heterocycles. The number of carbonyl (C=O) groups excluding carboxylic acids is 1. The summed E-state index contributed by atoms with van der Waals surface area (Å²) in [5, 5.41) is 13.3. The Bertz CT molecular complexity index is 1230. The maximum atomic E-state index is 14.0. The van der Waals surface area contributed by atoms with Gasteiger partial charge in [-0.3, -0.25) is 4.79 Å². The molecule has 198 valence electrons. The van der Waals surface area contributed by atoms with Gasteiger partial charge in [-0.1, -0.05) is 36.9 Å². The smallest absolute Gasteiger partial charge is 0.220 e. The largest absolute Gasteiger partial charge is 0.504 e. The molecule has 2 fully saturated rings. The number of rotatable bonds is 5. The fraction of sp³-hybridized carbons (Fsp3) is 0.444. The molecule has 2 aromatic carbocycles. The van der Waals surface area contributed by atoms with E-state index in [0.29, 0.717) is 22.5 Å². The minimum Gasteiger partial charge on any atom is -0.504 e. The van der Waals surface area contributed by atoms with Crippen molar-refractivity contribution in [3.05, 3.63) is 47.5 Å². The van der Waals surface area contributed by atoms with Crippen LogP contribution in [-0.2, 0) is 4.79 Å². The number of hydrogen-bond donors (Lipinski definition) is 3. The number of nitrogens with one attached hydrogen (secondary N) is 1. The lowest BCUT2D eigenvalue weighted by Gasteiger charge is -2.38. The van der Waals surface area contributed by atoms with Gasteiger partial charge < -0.3 is 25.8 Å². The molecule has 0 spiro atoms. The number of aromatic hydroxyl groups is 1. The molecule has 1 amide bonds. The molecular weight excluding hydrogens is 497 g/mol. The third kappa shape index (κ3) is 6.59. The van der Waals surface area contributed by atoms with Crippen molar-refractivity contribution < 1.29 is 19.0 Å². The Hall–Kier alpha value is -3.17. The Balaban J connectivity index is 0.000000186. The molecule has 1 saturated carbocycles. The second kappa shape index (κ2) is 12.4. The molecule has 0 unspecified atom stereocenters. The average molecular weight is 530 g/mol. The number of ether oxygens (including phenoxy) is 1. The number of benzene rings is 2. The van der Waals surface area contributed by atoms with Crippen LogP contribution in [0.5, 0.6) is 11.5 Å². The van der Waals surface area contributed by atoms with Crippen molar-refractivity contribution >= 4 is 39.9 Å². The fourth-order valence-electron chi connectivity index (χ4n) is 5.06. The van der Waals surface area contributed by atoms with E-state index in [9.17, 15) is 14.3 Å². The quantitative estimate of drug-likeness (QED) is 0.405. The van der Waals surface area contributed by atoms with E-state index in [2.05, 4.69) is 20.2 Å². The van der Waals surface area contributed by atoms with Crippen molar-refractivity contribution in [2.75, 3.05) is 25.5 Å². The Kier molecular flexibility index (Phi) is 9.00. The van der Waals surface area contributed by atoms with Gasteiger partial charge in [-0.15, -0.1) is 0 Å². The number of halogens is 2. The lowest BCUT2D eigenvalue weighted by Crippen LogP contribution is -2.44. The van der Waals surface area contributed by atoms with Crippen LogP contribution in [-0.4, -0.2) is 52.1 Å². The highest BCUT2D eigenvalue weighted by atomic mass is 35.5. The molecular formula is C27H33ClFN5O3. The topological polar surface area (TPSA) is 114 Å². The number of fused-ring (bicyclic) bond motifs is 1. The summed E-state index contributed by atoms with van der Waals surface area (Å²) in [5.41, 5.74) is 6.07. The third-order valence-electron chi connectivity index (χ3n) is 7.16. The first-order valence-electron chi connectivity index (χ1n) is 12.6. The number of likely N-dealkylation sites (tertiary alicyclic amines) is 1. The standard InChI is InChI=1S/C15H11ClFN3O2.C12H22N2O/c1-22-13-6-11-8(5-12(13)21)15(19-7-18-11)20-10-4-2-3-9(16)14(10)17;13-12(15)10-6-8-14(9-7-10)11-4-2-1-3-5-11/h2-7,21H,1H3,(H,18,19,20);10-11H,1-9H2,(H2,13,15). The van der Waals surface area contributed by atoms with Gasteiger partial charge in [0.05, 0.1) is 23.3 Å². The van der Waals surface area contributed by atoms with Crippen molar-refractivity contribution in [3.63, 3.8) is 0 Å². The molecule has 1 aliphatic carbocycles. The van der Waals surface area contributed by atoms with Gasteiger partial charge in [0.25, 0.3) is 0 Å². The van der Waals surface area contributed by atoms with E-state index < -0.39 is 5.82 Å². The Morgan fingerprint density at radius 1 is 1.16 bits per heavy atom. The van der Waals surface area contributed by atoms with Gasteiger partial charge in [-0.25, -0.2) is 14.4 Å². The molecule has 0 atom stereocenters. The molecule has 8 nitrogen and oxygen atoms in total. The van der Waals surface area contributed by atoms with Crippen LogP contribution >= 0.6 is 11.6 Å². The molecule has 37 heavy (non-hydrogen) atoms. The van der Waals surface area contributed by atoms with Crippen molar-refractivity contribution in [1.29, 1.82) is 0 Å². The van der Waals surface area contributed by atoms with Crippen LogP contribution in [0.4, 0.5) is 15.9 Å². The highest BCUT2D eigenvalue weighted by Crippen LogP contribution is 2.34. The van der Waals surface area contributed by atoms with E-state index in [1.807, 2.05) is 0 Å². The molecule has 0 bridgehead atoms. The van der Waals surface area contributed by atoms with Crippen molar-refractivity contribution in [3.8, 4) is 11.5 Å². The maximum Gasteiger partial charge on any atom is 0.220 e. The van der Waals surface area contributed by atoms with Crippen LogP contribution in [0, 0.1) is 11.7 Å². The number of methoxy groups -OCH3 is 1. The molecule has 3 aromatic rings. The van der Waals surface area contributed by atoms with E-state index >= 15 is 0 Å². The third-order valence-corrected chi connectivity index (χ3v) is 7.46. The number of primary amides is 1. The predicted molar refractivity (Wildman–Crippen MR) is 143 cm³/mol. The lowest BCUT2D eigenvalue weighted by molar-refractivity contribution is -0.123. The number of carbonyl (C=O) groups is 1. The minimum atomic E-state index is -0.575. The van der Waals surface area contributed by atoms with Gasteiger partial charge in [0.1, 0.15) is 12.1 Å². The van der Waals surface area contributed by atoms with Gasteiger partial charge in [0.15, 0.2) is 17.3 Å². The van der Waals surface area contributed by atoms with Gasteiger partial charge >= 0.3 is 0 Å². The van der Waals surface area contributed by atoms with Crippen LogP contribution in [0.2, 0.25) is 5.02 Å². The summed E-state index contributed by atoms with van der Waals surface area (Å²) in [6, 6.07) is 8.45. The molecule has 2 heterocycles. The van der Waals surface area contributed by atoms with Gasteiger partial charge in [0, 0.05) is 23.4 Å². The molecule has 4 N–H and O–H groups in total. The highest BCUT2D eigenvalue weighted by molar-refractivity contribution is 6.31. The fourth-order valence-corrected chi connectivity index (χ4v) is 5.23. The van der Waals surface area contributed by atoms with E-state index in [-0.39, 0.29) is 28.3 Å². The second-order valence-corrected chi connectivity index (χ2v) is 9.90. The number of hydrogen-bond acceptors (Lipinski definition) is 7. The van der Waals surface area contributed by atoms with Gasteiger partial charge in [-0.2, -0.15) is 0 Å². The first-order chi connectivity index (χ1) is 17.9. The van der Waals surface area contributed by atoms with Crippen LogP contribution in [0.15, 0.2) is 36.7 Å². The maximum absolute atomic E-state index is 14.0. The van der Waals surface area contributed by atoms with Crippen molar-refractivity contribution in [1.82, 2.24) is 14.9 Å². The molecule has 1 aromatic heterocycles. The lowest BCUT2D eigenvalue weighted by atomic mass is 9.90. The summed E-state index contributed by atoms with van der Waals surface area (Å²) in [4.78, 5) is 21.8. The van der Waals surface area contributed by atoms with E-state index in [1.165, 1.54) is 57.7 Å². The average Bonchev–Trinajstić information content (AvgIpc) is 2.92. The summed E-state index contributed by atoms with van der Waals surface area (Å²) >= 11 is 5.76. The zero-order valence-electron chi connectivity index (χ0n) is 20.9. The number of piperidine rings is 1. The summed E-state index contributed by atoms with van der Waals surface area (Å²) < 4.78 is 19.0. The molecule has 2 aliphatic rings. The highest BCUT2D eigenvalue weighted by Gasteiger charge is 2.28. The molecule has 10 heteroatoms. The monoisotopic (exact) mass is 529 g/mol. The second-order valence-electron chi connectivity index (χ2n) is 9.49. The van der Waals surface area contributed by atoms with Crippen LogP contribution in [0.1, 0.15) is 44.9 Å². The summed E-state index contributed by atoms with van der Waals surface area (Å²) in [7, 11) is 1.45. The van der Waals surface area contributed by atoms with Crippen molar-refractivity contribution in [2.24, 2.45) is 11.7 Å². The zero-order valence-corrected chi connectivity index (χ0v) is 21.7. The number of nitrogens with two attached hydrogens (primary N) is 1. The first kappa shape index (κ1) is 26.9. The first-order valence-corrected chi connectivity index (χ1v) is 13.0. The van der Waals surface area contributed by atoms with E-state index in [1.54, 1.807) is 18.2 Å². The Morgan fingerprint density at radius 3 is 2.57 bits per heavy atom. The molecule has 1 saturated heterocycles. The van der Waals surface area contributed by atoms with E-state index in [0.717, 1.165) is 32.0 Å². The van der Waals surface area contributed by atoms with Gasteiger partial charge in [-0.05, 0) is 57.0 Å². The number of amides is 1. The minimum absolute atomic E-state index is 0.00729. The van der Waals surface area contributed by atoms with E-state index in [4.69, 9.17) is 22.1 Å². The van der Waals surface area contributed by atoms with Crippen LogP contribution in [0.3, 0.4) is 0 Å². The zero-order chi connectivity index (χ0) is 26.4. The number of nitrogens with zero attached hydrogens (tertiary/aromatic N) is 3. The number of phenolic OH excluding ortho intramolecular Hbond substituents is 1. The number of anilines is 2.